The van der Waals surface area contributed by atoms with Gasteiger partial charge in [0.25, 0.3) is 0 Å². The van der Waals surface area contributed by atoms with Gasteiger partial charge in [0.2, 0.25) is 5.91 Å². The molecule has 1 saturated heterocycles. The van der Waals surface area contributed by atoms with Gasteiger partial charge in [-0.15, -0.1) is 26.3 Å². The minimum Gasteiger partial charge on any atom is -0.658 e. The van der Waals surface area contributed by atoms with Crippen molar-refractivity contribution in [3.8, 4) is 5.75 Å². The van der Waals surface area contributed by atoms with Crippen LogP contribution in [-0.2, 0) is 11.3 Å². The number of amides is 1. The number of nitrogens with one attached hydrogen (secondary N) is 1. The fraction of sp³-hybridized carbons (Fsp3) is 0.650. The van der Waals surface area contributed by atoms with Gasteiger partial charge in [-0.05, 0) is 37.8 Å². The van der Waals surface area contributed by atoms with Crippen LogP contribution in [0.4, 0.5) is 13.2 Å². The zero-order chi connectivity index (χ0) is 21.2. The van der Waals surface area contributed by atoms with Crippen molar-refractivity contribution in [1.29, 1.82) is 0 Å². The lowest BCUT2D eigenvalue weighted by Crippen LogP contribution is -2.49. The first kappa shape index (κ1) is 21.9. The summed E-state index contributed by atoms with van der Waals surface area (Å²) >= 11 is 0. The number of piperidine rings is 1. The molecule has 0 radical (unpaired) electrons. The predicted octanol–water partition coefficient (Wildman–Crippen LogP) is 2.52. The Kier molecular flexibility index (Phi) is 6.40. The van der Waals surface area contributed by atoms with Gasteiger partial charge >= 0.3 is 6.36 Å². The van der Waals surface area contributed by atoms with Gasteiger partial charge in [-0.2, -0.15) is 0 Å². The number of fused-ring (bicyclic) bond motifs is 1. The second kappa shape index (κ2) is 8.49. The number of hydrogen-bond donors (Lipinski definition) is 2. The van der Waals surface area contributed by atoms with Gasteiger partial charge in [0.05, 0.1) is 18.7 Å². The van der Waals surface area contributed by atoms with Crippen LogP contribution in [0.2, 0.25) is 0 Å². The van der Waals surface area contributed by atoms with Crippen molar-refractivity contribution in [2.24, 2.45) is 17.8 Å². The van der Waals surface area contributed by atoms with E-state index < -0.39 is 11.9 Å². The van der Waals surface area contributed by atoms with Crippen molar-refractivity contribution in [1.82, 2.24) is 10.2 Å². The van der Waals surface area contributed by atoms with Crippen molar-refractivity contribution < 1.29 is 27.8 Å². The highest BCUT2D eigenvalue weighted by Crippen LogP contribution is 2.52. The molecule has 0 spiro atoms. The average molecular weight is 414 g/mol. The first-order valence-corrected chi connectivity index (χ1v) is 9.68. The highest BCUT2D eigenvalue weighted by atomic mass is 19.4. The monoisotopic (exact) mass is 414 g/mol. The van der Waals surface area contributed by atoms with E-state index in [1.807, 2.05) is 0 Å². The fourth-order valence-electron chi connectivity index (χ4n) is 3.98. The summed E-state index contributed by atoms with van der Waals surface area (Å²) in [7, 11) is 0. The van der Waals surface area contributed by atoms with Crippen LogP contribution < -0.4 is 10.1 Å². The van der Waals surface area contributed by atoms with Crippen LogP contribution in [0.3, 0.4) is 0 Å². The number of benzene rings is 1. The summed E-state index contributed by atoms with van der Waals surface area (Å²) in [6.45, 7) is 6.50. The number of alkyl halides is 3. The highest BCUT2D eigenvalue weighted by molar-refractivity contribution is 5.78. The highest BCUT2D eigenvalue weighted by Gasteiger charge is 2.53. The van der Waals surface area contributed by atoms with Crippen LogP contribution in [0.1, 0.15) is 19.4 Å². The summed E-state index contributed by atoms with van der Waals surface area (Å²) in [5.41, 5.74) is 0.0613. The minimum absolute atomic E-state index is 0.0902. The zero-order valence-electron chi connectivity index (χ0n) is 16.6. The lowest BCUT2D eigenvalue weighted by Gasteiger charge is -2.27. The van der Waals surface area contributed by atoms with E-state index in [0.717, 1.165) is 13.1 Å². The summed E-state index contributed by atoms with van der Waals surface area (Å²) in [4.78, 5) is 14.2. The Balaban J connectivity index is 1.35. The Morgan fingerprint density at radius 3 is 2.62 bits per heavy atom. The molecule has 2 unspecified atom stereocenters. The lowest BCUT2D eigenvalue weighted by atomic mass is 10.1. The zero-order valence-corrected chi connectivity index (χ0v) is 16.6. The molecular formula is C20H27F3N3O3-. The van der Waals surface area contributed by atoms with Gasteiger partial charge in [-0.25, -0.2) is 0 Å². The predicted molar refractivity (Wildman–Crippen MR) is 101 cm³/mol. The van der Waals surface area contributed by atoms with Crippen LogP contribution in [0, 0.1) is 17.8 Å². The van der Waals surface area contributed by atoms with Crippen LogP contribution in [0.25, 0.3) is 5.32 Å². The molecule has 1 aromatic rings. The van der Waals surface area contributed by atoms with Gasteiger partial charge in [0.1, 0.15) is 5.75 Å². The van der Waals surface area contributed by atoms with Gasteiger partial charge in [-0.3, -0.25) is 9.69 Å². The molecule has 1 amide bonds. The molecule has 6 nitrogen and oxygen atoms in total. The Labute approximate surface area is 168 Å². The molecule has 1 heterocycles. The van der Waals surface area contributed by atoms with E-state index in [-0.39, 0.29) is 18.3 Å². The number of hydrogen-bond acceptors (Lipinski definition) is 4. The Morgan fingerprint density at radius 2 is 2.00 bits per heavy atom. The van der Waals surface area contributed by atoms with Crippen molar-refractivity contribution in [3.63, 3.8) is 0 Å². The molecule has 1 aliphatic heterocycles. The van der Waals surface area contributed by atoms with Crippen molar-refractivity contribution >= 4 is 5.91 Å². The van der Waals surface area contributed by atoms with Gasteiger partial charge in [-0.1, -0.05) is 23.6 Å². The van der Waals surface area contributed by atoms with Gasteiger partial charge in [0.15, 0.2) is 0 Å². The van der Waals surface area contributed by atoms with Crippen LogP contribution in [0.5, 0.6) is 5.75 Å². The molecule has 0 bridgehead atoms. The normalized spacial score (nSPS) is 24.3. The van der Waals surface area contributed by atoms with Gasteiger partial charge in [0, 0.05) is 13.1 Å². The molecule has 9 heteroatoms. The van der Waals surface area contributed by atoms with Crippen molar-refractivity contribution in [2.45, 2.75) is 32.3 Å². The molecule has 1 saturated carbocycles. The van der Waals surface area contributed by atoms with E-state index in [9.17, 15) is 23.1 Å². The van der Waals surface area contributed by atoms with Crippen LogP contribution in [0.15, 0.2) is 24.3 Å². The number of aliphatic hydroxyl groups is 1. The maximum Gasteiger partial charge on any atom is 0.573 e. The third-order valence-corrected chi connectivity index (χ3v) is 5.45. The number of likely N-dealkylation sites (tertiary alicyclic amines) is 1. The third kappa shape index (κ3) is 6.32. The van der Waals surface area contributed by atoms with Crippen LogP contribution in [-0.4, -0.2) is 60.6 Å². The number of carbonyl (C=O) groups is 1. The number of carbonyl (C=O) groups excluding carboxylic acids is 1. The quantitative estimate of drug-likeness (QED) is 0.651. The maximum absolute atomic E-state index is 12.3. The first-order valence-electron chi connectivity index (χ1n) is 9.68. The Bertz CT molecular complexity index is 714. The second-order valence-corrected chi connectivity index (χ2v) is 8.54. The summed E-state index contributed by atoms with van der Waals surface area (Å²) < 4.78 is 40.8. The number of nitrogens with zero attached hydrogens (tertiary/aromatic N) is 2. The minimum atomic E-state index is -4.70. The topological polar surface area (TPSA) is 75.9 Å². The summed E-state index contributed by atoms with van der Waals surface area (Å²) in [6.07, 6.45) is -4.70. The molecule has 2 atom stereocenters. The maximum atomic E-state index is 12.3. The molecule has 1 aromatic carbocycles. The molecule has 162 valence electrons. The van der Waals surface area contributed by atoms with Crippen molar-refractivity contribution in [2.75, 3.05) is 32.8 Å². The lowest BCUT2D eigenvalue weighted by molar-refractivity contribution is -0.274. The molecule has 1 aliphatic carbocycles. The molecule has 29 heavy (non-hydrogen) atoms. The molecule has 0 aromatic heterocycles. The smallest absolute Gasteiger partial charge is 0.573 e. The first-order chi connectivity index (χ1) is 13.6. The number of ether oxygens (including phenoxy) is 1. The largest absolute Gasteiger partial charge is 0.658 e. The molecule has 2 N–H and O–H groups in total. The third-order valence-electron chi connectivity index (χ3n) is 5.45. The molecule has 2 fully saturated rings. The summed E-state index contributed by atoms with van der Waals surface area (Å²) in [5, 5.41) is 16.5. The average Bonchev–Trinajstić information content (AvgIpc) is 3.05. The SMILES string of the molecule is CC(C)(CO)NC(=O)CN1CC2C(C[N-]Cc3cccc(OC(F)(F)F)c3)C2C1. The van der Waals surface area contributed by atoms with E-state index in [0.29, 0.717) is 43.0 Å². The summed E-state index contributed by atoms with van der Waals surface area (Å²) in [6, 6.07) is 5.89. The van der Waals surface area contributed by atoms with E-state index in [1.165, 1.54) is 18.2 Å². The molecule has 2 aliphatic rings. The fourth-order valence-corrected chi connectivity index (χ4v) is 3.98. The Morgan fingerprint density at radius 1 is 1.31 bits per heavy atom. The van der Waals surface area contributed by atoms with E-state index >= 15 is 0 Å². The van der Waals surface area contributed by atoms with Crippen molar-refractivity contribution in [3.05, 3.63) is 35.1 Å². The molecule has 3 rings (SSSR count). The van der Waals surface area contributed by atoms with E-state index in [1.54, 1.807) is 19.9 Å². The van der Waals surface area contributed by atoms with Crippen LogP contribution >= 0.6 is 0 Å². The number of rotatable bonds is 9. The van der Waals surface area contributed by atoms with Gasteiger partial charge < -0.3 is 20.5 Å². The molecular weight excluding hydrogens is 387 g/mol. The summed E-state index contributed by atoms with van der Waals surface area (Å²) in [5.74, 6) is 1.21. The Hall–Kier alpha value is -1.84. The number of halogens is 3. The standard InChI is InChI=1S/C20H27F3N3O3/c1-19(2,12-27)25-18(28)11-26-9-16-15(17(16)10-26)8-24-7-13-4-3-5-14(6-13)29-20(21,22)23/h3-6,15-17,27H,7-12H2,1-2H3,(H,25,28)/q-1. The van der Waals surface area contributed by atoms with E-state index in [4.69, 9.17) is 0 Å². The van der Waals surface area contributed by atoms with E-state index in [2.05, 4.69) is 20.3 Å². The number of aliphatic hydroxyl groups excluding tert-OH is 1. The second-order valence-electron chi connectivity index (χ2n) is 8.54.